The third-order valence-corrected chi connectivity index (χ3v) is 1.45. The second kappa shape index (κ2) is 3.17. The minimum Gasteiger partial charge on any atom is -0.503 e. The lowest BCUT2D eigenvalue weighted by atomic mass is 10.2. The first-order valence-electron chi connectivity index (χ1n) is 4.16. The highest BCUT2D eigenvalue weighted by Gasteiger charge is 2.15. The zero-order valence-corrected chi connectivity index (χ0v) is 8.16. The molecule has 0 bridgehead atoms. The molecule has 0 radical (unpaired) electrons. The molecule has 1 aromatic rings. The summed E-state index contributed by atoms with van der Waals surface area (Å²) >= 11 is 0. The molecule has 0 amide bonds. The number of phenolic OH excluding ortho intramolecular Hbond substituents is 1. The van der Waals surface area contributed by atoms with Gasteiger partial charge < -0.3 is 15.6 Å². The first-order chi connectivity index (χ1) is 5.90. The Balaban J connectivity index is 2.96. The van der Waals surface area contributed by atoms with Gasteiger partial charge in [0.2, 0.25) is 0 Å². The van der Waals surface area contributed by atoms with Gasteiger partial charge in [-0.15, -0.1) is 0 Å². The maximum absolute atomic E-state index is 9.51. The summed E-state index contributed by atoms with van der Waals surface area (Å²) in [4.78, 5) is 0. The zero-order chi connectivity index (χ0) is 10.1. The molecule has 0 saturated heterocycles. The van der Waals surface area contributed by atoms with Crippen molar-refractivity contribution < 1.29 is 9.84 Å². The van der Waals surface area contributed by atoms with Crippen molar-refractivity contribution in [2.24, 2.45) is 0 Å². The largest absolute Gasteiger partial charge is 0.503 e. The van der Waals surface area contributed by atoms with Crippen molar-refractivity contribution in [1.82, 2.24) is 0 Å². The van der Waals surface area contributed by atoms with Gasteiger partial charge in [0.25, 0.3) is 0 Å². The van der Waals surface area contributed by atoms with Gasteiger partial charge in [-0.2, -0.15) is 0 Å². The molecule has 0 atom stereocenters. The lowest BCUT2D eigenvalue weighted by Gasteiger charge is -2.22. The number of hydrogen-bond acceptors (Lipinski definition) is 3. The van der Waals surface area contributed by atoms with Crippen LogP contribution in [0.2, 0.25) is 0 Å². The number of para-hydroxylation sites is 1. The maximum atomic E-state index is 9.51. The third-order valence-electron chi connectivity index (χ3n) is 1.45. The van der Waals surface area contributed by atoms with E-state index in [1.165, 1.54) is 0 Å². The van der Waals surface area contributed by atoms with Crippen LogP contribution in [-0.4, -0.2) is 10.7 Å². The molecule has 0 aromatic heterocycles. The Bertz CT molecular complexity index is 302. The van der Waals surface area contributed by atoms with Crippen LogP contribution < -0.4 is 10.5 Å². The Labute approximate surface area is 78.1 Å². The summed E-state index contributed by atoms with van der Waals surface area (Å²) < 4.78 is 5.48. The second-order valence-electron chi connectivity index (χ2n) is 3.91. The lowest BCUT2D eigenvalue weighted by Crippen LogP contribution is -2.23. The quantitative estimate of drug-likeness (QED) is 0.515. The van der Waals surface area contributed by atoms with Gasteiger partial charge in [0.15, 0.2) is 11.5 Å². The summed E-state index contributed by atoms with van der Waals surface area (Å²) in [6.45, 7) is 5.74. The summed E-state index contributed by atoms with van der Waals surface area (Å²) in [5, 5.41) is 9.51. The first kappa shape index (κ1) is 9.71. The fourth-order valence-electron chi connectivity index (χ4n) is 0.952. The Morgan fingerprint density at radius 3 is 2.46 bits per heavy atom. The van der Waals surface area contributed by atoms with Crippen molar-refractivity contribution in [2.45, 2.75) is 26.4 Å². The molecule has 72 valence electrons. The molecule has 0 aliphatic carbocycles. The minimum absolute atomic E-state index is 0.0115. The van der Waals surface area contributed by atoms with E-state index in [1.54, 1.807) is 18.2 Å². The highest BCUT2D eigenvalue weighted by Crippen LogP contribution is 2.33. The Morgan fingerprint density at radius 2 is 1.92 bits per heavy atom. The summed E-state index contributed by atoms with van der Waals surface area (Å²) in [7, 11) is 0. The van der Waals surface area contributed by atoms with Crippen LogP contribution in [0.1, 0.15) is 20.8 Å². The number of benzene rings is 1. The van der Waals surface area contributed by atoms with Gasteiger partial charge in [0, 0.05) is 0 Å². The number of anilines is 1. The molecule has 3 heteroatoms. The molecule has 0 aliphatic rings. The van der Waals surface area contributed by atoms with Gasteiger partial charge in [0.1, 0.15) is 5.60 Å². The predicted octanol–water partition coefficient (Wildman–Crippen LogP) is 2.15. The molecule has 0 fully saturated rings. The van der Waals surface area contributed by atoms with Crippen molar-refractivity contribution in [2.75, 3.05) is 5.73 Å². The average molecular weight is 181 g/mol. The number of ether oxygens (including phenoxy) is 1. The molecule has 1 rings (SSSR count). The van der Waals surface area contributed by atoms with Gasteiger partial charge in [-0.05, 0) is 32.9 Å². The van der Waals surface area contributed by atoms with Crippen LogP contribution in [0.5, 0.6) is 11.5 Å². The molecular weight excluding hydrogens is 166 g/mol. The van der Waals surface area contributed by atoms with Gasteiger partial charge in [-0.25, -0.2) is 0 Å². The molecule has 13 heavy (non-hydrogen) atoms. The molecule has 0 spiro atoms. The molecule has 3 N–H and O–H groups in total. The number of hydrogen-bond donors (Lipinski definition) is 2. The van der Waals surface area contributed by atoms with Crippen LogP contribution in [0, 0.1) is 0 Å². The number of aromatic hydroxyl groups is 1. The third kappa shape index (κ3) is 2.54. The number of nitrogen functional groups attached to an aromatic ring is 1. The summed E-state index contributed by atoms with van der Waals surface area (Å²) in [5.41, 5.74) is 5.52. The Kier molecular flexibility index (Phi) is 2.36. The van der Waals surface area contributed by atoms with E-state index >= 15 is 0 Å². The SMILES string of the molecule is CC(C)(C)Oc1cccc(N)c1O. The Morgan fingerprint density at radius 1 is 1.31 bits per heavy atom. The zero-order valence-electron chi connectivity index (χ0n) is 8.16. The van der Waals surface area contributed by atoms with Crippen LogP contribution in [0.15, 0.2) is 18.2 Å². The van der Waals surface area contributed by atoms with E-state index in [0.717, 1.165) is 0 Å². The highest BCUT2D eigenvalue weighted by molar-refractivity contribution is 5.59. The lowest BCUT2D eigenvalue weighted by molar-refractivity contribution is 0.126. The predicted molar refractivity (Wildman–Crippen MR) is 52.9 cm³/mol. The number of nitrogens with two attached hydrogens (primary N) is 1. The second-order valence-corrected chi connectivity index (χ2v) is 3.91. The number of rotatable bonds is 1. The van der Waals surface area contributed by atoms with Crippen molar-refractivity contribution in [1.29, 1.82) is 0 Å². The van der Waals surface area contributed by atoms with Gasteiger partial charge in [-0.3, -0.25) is 0 Å². The molecule has 0 heterocycles. The molecule has 0 aliphatic heterocycles. The maximum Gasteiger partial charge on any atom is 0.181 e. The summed E-state index contributed by atoms with van der Waals surface area (Å²) in [6.07, 6.45) is 0. The topological polar surface area (TPSA) is 55.5 Å². The molecule has 3 nitrogen and oxygen atoms in total. The average Bonchev–Trinajstić information content (AvgIpc) is 1.96. The summed E-state index contributed by atoms with van der Waals surface area (Å²) in [5.74, 6) is 0.435. The van der Waals surface area contributed by atoms with Crippen molar-refractivity contribution >= 4 is 5.69 Å². The summed E-state index contributed by atoms with van der Waals surface area (Å²) in [6, 6.07) is 5.07. The van der Waals surface area contributed by atoms with Crippen LogP contribution in [-0.2, 0) is 0 Å². The van der Waals surface area contributed by atoms with E-state index in [2.05, 4.69) is 0 Å². The normalized spacial score (nSPS) is 11.3. The van der Waals surface area contributed by atoms with Crippen LogP contribution >= 0.6 is 0 Å². The molecular formula is C10H15NO2. The van der Waals surface area contributed by atoms with E-state index in [0.29, 0.717) is 11.4 Å². The number of phenols is 1. The standard InChI is InChI=1S/C10H15NO2/c1-10(2,3)13-8-6-4-5-7(11)9(8)12/h4-6,12H,11H2,1-3H3. The fraction of sp³-hybridized carbons (Fsp3) is 0.400. The van der Waals surface area contributed by atoms with Crippen molar-refractivity contribution in [3.63, 3.8) is 0 Å². The molecule has 0 unspecified atom stereocenters. The molecule has 0 saturated carbocycles. The first-order valence-corrected chi connectivity index (χ1v) is 4.16. The van der Waals surface area contributed by atoms with Crippen LogP contribution in [0.3, 0.4) is 0 Å². The minimum atomic E-state index is -0.328. The smallest absolute Gasteiger partial charge is 0.181 e. The molecule has 1 aromatic carbocycles. The van der Waals surface area contributed by atoms with E-state index in [9.17, 15) is 5.11 Å². The monoisotopic (exact) mass is 181 g/mol. The van der Waals surface area contributed by atoms with E-state index < -0.39 is 0 Å². The van der Waals surface area contributed by atoms with E-state index in [-0.39, 0.29) is 11.4 Å². The van der Waals surface area contributed by atoms with Gasteiger partial charge >= 0.3 is 0 Å². The van der Waals surface area contributed by atoms with Gasteiger partial charge in [0.05, 0.1) is 5.69 Å². The van der Waals surface area contributed by atoms with Gasteiger partial charge in [-0.1, -0.05) is 6.07 Å². The highest BCUT2D eigenvalue weighted by atomic mass is 16.5. The van der Waals surface area contributed by atoms with E-state index in [1.807, 2.05) is 20.8 Å². The van der Waals surface area contributed by atoms with Crippen LogP contribution in [0.25, 0.3) is 0 Å². The van der Waals surface area contributed by atoms with E-state index in [4.69, 9.17) is 10.5 Å². The fourth-order valence-corrected chi connectivity index (χ4v) is 0.952. The van der Waals surface area contributed by atoms with Crippen molar-refractivity contribution in [3.8, 4) is 11.5 Å². The van der Waals surface area contributed by atoms with Crippen LogP contribution in [0.4, 0.5) is 5.69 Å². The van der Waals surface area contributed by atoms with Crippen molar-refractivity contribution in [3.05, 3.63) is 18.2 Å². The Hall–Kier alpha value is -1.38.